The van der Waals surface area contributed by atoms with E-state index in [0.29, 0.717) is 11.3 Å². The van der Waals surface area contributed by atoms with E-state index in [1.165, 1.54) is 25.6 Å². The van der Waals surface area contributed by atoms with Gasteiger partial charge in [-0.15, -0.1) is 11.8 Å². The van der Waals surface area contributed by atoms with Crippen LogP contribution in [0, 0.1) is 0 Å². The molecule has 2 unspecified atom stereocenters. The summed E-state index contributed by atoms with van der Waals surface area (Å²) in [6.07, 6.45) is 3.57. The minimum Gasteiger partial charge on any atom is -0.478 e. The van der Waals surface area contributed by atoms with Crippen LogP contribution in [0.4, 0.5) is 5.13 Å². The lowest BCUT2D eigenvalue weighted by Crippen LogP contribution is -2.71. The molecule has 200 valence electrons. The summed E-state index contributed by atoms with van der Waals surface area (Å²) >= 11 is 8.31. The third-order valence-corrected chi connectivity index (χ3v) is 8.03. The number of halogens is 1. The Hall–Kier alpha value is -3.69. The van der Waals surface area contributed by atoms with Crippen LogP contribution in [-0.2, 0) is 30.6 Å². The van der Waals surface area contributed by atoms with E-state index < -0.39 is 46.5 Å². The molecule has 13 nitrogen and oxygen atoms in total. The van der Waals surface area contributed by atoms with Gasteiger partial charge in [0.2, 0.25) is 5.60 Å². The van der Waals surface area contributed by atoms with Crippen molar-refractivity contribution >= 4 is 69.3 Å². The van der Waals surface area contributed by atoms with Gasteiger partial charge in [-0.2, -0.15) is 0 Å². The van der Waals surface area contributed by atoms with E-state index in [2.05, 4.69) is 15.5 Å². The molecule has 2 amide bonds. The Morgan fingerprint density at radius 3 is 2.58 bits per heavy atom. The zero-order valence-electron chi connectivity index (χ0n) is 20.0. The highest BCUT2D eigenvalue weighted by Crippen LogP contribution is 2.40. The number of nitrogens with one attached hydrogen (secondary N) is 1. The number of carbonyl (C=O) groups is 4. The van der Waals surface area contributed by atoms with E-state index >= 15 is 0 Å². The molecule has 1 fully saturated rings. The summed E-state index contributed by atoms with van der Waals surface area (Å²) in [5.41, 5.74) is 3.67. The van der Waals surface area contributed by atoms with Gasteiger partial charge in [0.15, 0.2) is 29.8 Å². The van der Waals surface area contributed by atoms with Gasteiger partial charge in [0.05, 0.1) is 0 Å². The maximum atomic E-state index is 13.2. The molecular formula is C22H22ClN6O7S2+. The highest BCUT2D eigenvalue weighted by Gasteiger charge is 2.55. The molecule has 16 heteroatoms. The molecule has 1 saturated heterocycles. The van der Waals surface area contributed by atoms with Crippen LogP contribution in [0.25, 0.3) is 0 Å². The molecule has 0 aromatic carbocycles. The number of pyridine rings is 1. The normalized spacial score (nSPS) is 19.5. The Bertz CT molecular complexity index is 1380. The van der Waals surface area contributed by atoms with Crippen LogP contribution < -0.4 is 15.6 Å². The largest absolute Gasteiger partial charge is 0.478 e. The Morgan fingerprint density at radius 2 is 2.00 bits per heavy atom. The van der Waals surface area contributed by atoms with Crippen LogP contribution in [0.5, 0.6) is 0 Å². The molecule has 5 N–H and O–H groups in total. The first-order valence-electron chi connectivity index (χ1n) is 11.0. The number of anilines is 1. The molecule has 4 heterocycles. The second-order valence-electron chi connectivity index (χ2n) is 8.69. The van der Waals surface area contributed by atoms with Crippen LogP contribution in [0.2, 0.25) is 4.34 Å². The molecule has 4 rings (SSSR count). The first-order chi connectivity index (χ1) is 17.9. The number of fused-ring (bicyclic) bond motifs is 1. The summed E-state index contributed by atoms with van der Waals surface area (Å²) in [4.78, 5) is 60.0. The van der Waals surface area contributed by atoms with E-state index in [9.17, 15) is 29.4 Å². The summed E-state index contributed by atoms with van der Waals surface area (Å²) in [6, 6.07) is 4.37. The number of amides is 2. The summed E-state index contributed by atoms with van der Waals surface area (Å²) in [7, 11) is 0. The van der Waals surface area contributed by atoms with Crippen molar-refractivity contribution in [3.8, 4) is 0 Å². The van der Waals surface area contributed by atoms with Crippen LogP contribution >= 0.6 is 34.7 Å². The van der Waals surface area contributed by atoms with Gasteiger partial charge in [-0.25, -0.2) is 19.1 Å². The predicted molar refractivity (Wildman–Crippen MR) is 137 cm³/mol. The molecule has 0 saturated carbocycles. The Balaban J connectivity index is 1.58. The van der Waals surface area contributed by atoms with Crippen LogP contribution in [0.1, 0.15) is 19.5 Å². The third kappa shape index (κ3) is 5.30. The van der Waals surface area contributed by atoms with E-state index in [-0.39, 0.29) is 27.4 Å². The number of hydrogen-bond donors (Lipinski definition) is 4. The summed E-state index contributed by atoms with van der Waals surface area (Å²) < 4.78 is 1.80. The van der Waals surface area contributed by atoms with Gasteiger partial charge in [-0.05, 0) is 13.8 Å². The lowest BCUT2D eigenvalue weighted by molar-refractivity contribution is -0.689. The number of oxime groups is 1. The van der Waals surface area contributed by atoms with E-state index in [1.807, 2.05) is 18.2 Å². The van der Waals surface area contributed by atoms with E-state index in [0.717, 1.165) is 16.2 Å². The average molecular weight is 582 g/mol. The number of β-lactam (4-membered cyclic amide) rings is 1. The molecule has 0 aliphatic carbocycles. The van der Waals surface area contributed by atoms with Crippen molar-refractivity contribution in [2.75, 3.05) is 11.5 Å². The summed E-state index contributed by atoms with van der Waals surface area (Å²) in [5.74, 6) is -3.83. The molecule has 2 atom stereocenters. The number of nitrogen functional groups attached to an aromatic ring is 1. The minimum atomic E-state index is -1.80. The number of thioether (sulfide) groups is 1. The molecule has 0 bridgehead atoms. The monoisotopic (exact) mass is 581 g/mol. The number of aromatic nitrogens is 2. The van der Waals surface area contributed by atoms with Gasteiger partial charge in [0, 0.05) is 23.5 Å². The SMILES string of the molecule is CC(C)(O/N=C(\C(=O)NC1C(=O)N2C(C(=O)O)=C(C[n+]3ccccc3)CSC12)c1nc(N)sc1Cl)C(=O)O. The van der Waals surface area contributed by atoms with Gasteiger partial charge >= 0.3 is 11.9 Å². The highest BCUT2D eigenvalue weighted by molar-refractivity contribution is 8.00. The lowest BCUT2D eigenvalue weighted by Gasteiger charge is -2.49. The third-order valence-electron chi connectivity index (χ3n) is 5.61. The first-order valence-corrected chi connectivity index (χ1v) is 13.2. The number of thiazole rings is 1. The second kappa shape index (κ2) is 10.6. The maximum Gasteiger partial charge on any atom is 0.352 e. The fourth-order valence-electron chi connectivity index (χ4n) is 3.63. The van der Waals surface area contributed by atoms with E-state index in [1.54, 1.807) is 17.0 Å². The summed E-state index contributed by atoms with van der Waals surface area (Å²) in [6.45, 7) is 2.73. The van der Waals surface area contributed by atoms with Crippen molar-refractivity contribution in [1.29, 1.82) is 0 Å². The van der Waals surface area contributed by atoms with Gasteiger partial charge in [0.25, 0.3) is 11.8 Å². The zero-order valence-corrected chi connectivity index (χ0v) is 22.3. The van der Waals surface area contributed by atoms with Crippen molar-refractivity contribution < 1.29 is 38.8 Å². The molecule has 2 aliphatic rings. The number of carbonyl (C=O) groups excluding carboxylic acids is 2. The van der Waals surface area contributed by atoms with Crippen LogP contribution in [-0.4, -0.2) is 72.3 Å². The van der Waals surface area contributed by atoms with Gasteiger partial charge < -0.3 is 26.1 Å². The van der Waals surface area contributed by atoms with Gasteiger partial charge in [0.1, 0.15) is 27.1 Å². The number of nitrogens with zero attached hydrogens (tertiary/aromatic N) is 4. The van der Waals surface area contributed by atoms with Gasteiger partial charge in [-0.3, -0.25) is 14.5 Å². The predicted octanol–water partition coefficient (Wildman–Crippen LogP) is 0.689. The molecule has 0 spiro atoms. The molecule has 38 heavy (non-hydrogen) atoms. The smallest absolute Gasteiger partial charge is 0.352 e. The first kappa shape index (κ1) is 27.3. The Kier molecular flexibility index (Phi) is 7.62. The van der Waals surface area contributed by atoms with Crippen molar-refractivity contribution in [3.63, 3.8) is 0 Å². The van der Waals surface area contributed by atoms with Gasteiger partial charge in [-0.1, -0.05) is 34.2 Å². The van der Waals surface area contributed by atoms with Crippen molar-refractivity contribution in [1.82, 2.24) is 15.2 Å². The minimum absolute atomic E-state index is 0.000820. The Labute approximate surface area is 228 Å². The maximum absolute atomic E-state index is 13.2. The van der Waals surface area contributed by atoms with Crippen LogP contribution in [0.3, 0.4) is 0 Å². The highest BCUT2D eigenvalue weighted by atomic mass is 35.5. The molecular weight excluding hydrogens is 560 g/mol. The molecule has 2 aromatic rings. The number of carboxylic acid groups (broad SMARTS) is 2. The number of carboxylic acids is 2. The number of nitrogens with two attached hydrogens (primary N) is 1. The number of rotatable bonds is 9. The number of hydrogen-bond acceptors (Lipinski definition) is 10. The lowest BCUT2D eigenvalue weighted by atomic mass is 10.0. The topological polar surface area (TPSA) is 188 Å². The van der Waals surface area contributed by atoms with Crippen molar-refractivity contribution in [3.05, 3.63) is 51.9 Å². The fraction of sp³-hybridized carbons (Fsp3) is 0.318. The van der Waals surface area contributed by atoms with E-state index in [4.69, 9.17) is 22.2 Å². The summed E-state index contributed by atoms with van der Waals surface area (Å²) in [5, 5.41) is 24.7. The second-order valence-corrected chi connectivity index (χ2v) is 11.4. The molecule has 0 radical (unpaired) electrons. The number of aliphatic carboxylic acids is 2. The average Bonchev–Trinajstić information content (AvgIpc) is 3.19. The quantitative estimate of drug-likeness (QED) is 0.142. The molecule has 2 aliphatic heterocycles. The Morgan fingerprint density at radius 1 is 1.32 bits per heavy atom. The zero-order chi connectivity index (χ0) is 27.8. The molecule has 2 aromatic heterocycles. The van der Waals surface area contributed by atoms with Crippen LogP contribution in [0.15, 0.2) is 47.0 Å². The van der Waals surface area contributed by atoms with Crippen molar-refractivity contribution in [2.24, 2.45) is 5.16 Å². The fourth-order valence-corrected chi connectivity index (χ4v) is 5.89. The standard InChI is InChI=1S/C22H21ClN6O7S2/c1-22(2,20(34)35)36-27-12(11-15(23)38-21(24)26-11)16(30)25-13-17(31)29-14(19(32)33)10(9-37-18(13)29)8-28-6-4-3-5-7-28/h3-7,13,18H,8-9H2,1-2H3,(H4-,24,25,26,30,32,33,34,35)/p+1/b27-12-. The van der Waals surface area contributed by atoms with Crippen molar-refractivity contribution in [2.45, 2.75) is 37.4 Å².